The lowest BCUT2D eigenvalue weighted by Gasteiger charge is -2.27. The first-order valence-electron chi connectivity index (χ1n) is 7.40. The van der Waals surface area contributed by atoms with E-state index in [-0.39, 0.29) is 17.6 Å². The fourth-order valence-corrected chi connectivity index (χ4v) is 2.97. The van der Waals surface area contributed by atoms with Gasteiger partial charge in [-0.05, 0) is 11.5 Å². The predicted molar refractivity (Wildman–Crippen MR) is 85.5 cm³/mol. The number of methoxy groups -OCH3 is 3. The molecular weight excluding hydrogens is 266 g/mol. The summed E-state index contributed by atoms with van der Waals surface area (Å²) in [5.74, 6) is 0.955. The van der Waals surface area contributed by atoms with E-state index in [1.807, 2.05) is 0 Å². The Morgan fingerprint density at radius 2 is 1.57 bits per heavy atom. The quantitative estimate of drug-likeness (QED) is 0.854. The zero-order valence-electron chi connectivity index (χ0n) is 14.0. The number of nitrogens with zero attached hydrogens (tertiary/aromatic N) is 1. The molecule has 4 heteroatoms. The summed E-state index contributed by atoms with van der Waals surface area (Å²) in [5.41, 5.74) is 2.38. The molecule has 0 aliphatic carbocycles. The first-order chi connectivity index (χ1) is 9.92. The third-order valence-corrected chi connectivity index (χ3v) is 4.17. The van der Waals surface area contributed by atoms with Crippen molar-refractivity contribution < 1.29 is 14.2 Å². The van der Waals surface area contributed by atoms with E-state index >= 15 is 0 Å². The molecule has 1 aliphatic rings. The summed E-state index contributed by atoms with van der Waals surface area (Å²) >= 11 is 0. The Balaban J connectivity index is 2.37. The first kappa shape index (κ1) is 16.1. The molecule has 1 aromatic rings. The molecule has 0 aromatic heterocycles. The van der Waals surface area contributed by atoms with Crippen LogP contribution in [0.25, 0.3) is 0 Å². The lowest BCUT2D eigenvalue weighted by molar-refractivity contribution is -0.00461. The molecule has 0 amide bonds. The first-order valence-corrected chi connectivity index (χ1v) is 7.40. The highest BCUT2D eigenvalue weighted by molar-refractivity contribution is 5.64. The minimum atomic E-state index is 0.0440. The van der Waals surface area contributed by atoms with Crippen LogP contribution < -0.4 is 9.64 Å². The summed E-state index contributed by atoms with van der Waals surface area (Å²) in [7, 11) is 5.22. The number of anilines is 1. The van der Waals surface area contributed by atoms with Crippen molar-refractivity contribution in [1.29, 1.82) is 0 Å². The highest BCUT2D eigenvalue weighted by Crippen LogP contribution is 2.40. The molecule has 0 saturated carbocycles. The van der Waals surface area contributed by atoms with Crippen LogP contribution in [0.2, 0.25) is 0 Å². The van der Waals surface area contributed by atoms with Crippen molar-refractivity contribution in [2.45, 2.75) is 38.4 Å². The fraction of sp³-hybridized carbons (Fsp3) is 0.647. The Morgan fingerprint density at radius 3 is 2.00 bits per heavy atom. The molecule has 118 valence electrons. The van der Waals surface area contributed by atoms with Crippen LogP contribution in [0.5, 0.6) is 5.75 Å². The monoisotopic (exact) mass is 293 g/mol. The van der Waals surface area contributed by atoms with Crippen LogP contribution >= 0.6 is 0 Å². The minimum Gasteiger partial charge on any atom is -0.494 e. The van der Waals surface area contributed by atoms with E-state index in [9.17, 15) is 0 Å². The molecule has 1 fully saturated rings. The summed E-state index contributed by atoms with van der Waals surface area (Å²) in [6.07, 6.45) is 0.191. The van der Waals surface area contributed by atoms with Crippen LogP contribution in [-0.4, -0.2) is 46.6 Å². The lowest BCUT2D eigenvalue weighted by atomic mass is 9.86. The van der Waals surface area contributed by atoms with Gasteiger partial charge in [0.15, 0.2) is 0 Å². The van der Waals surface area contributed by atoms with Crippen LogP contribution in [-0.2, 0) is 14.9 Å². The molecule has 4 nitrogen and oxygen atoms in total. The average molecular weight is 293 g/mol. The van der Waals surface area contributed by atoms with Gasteiger partial charge in [-0.1, -0.05) is 32.9 Å². The molecule has 1 aromatic carbocycles. The normalized spacial score (nSPS) is 22.7. The van der Waals surface area contributed by atoms with Crippen molar-refractivity contribution in [2.75, 3.05) is 39.3 Å². The molecule has 2 atom stereocenters. The van der Waals surface area contributed by atoms with Crippen molar-refractivity contribution in [1.82, 2.24) is 0 Å². The molecule has 21 heavy (non-hydrogen) atoms. The van der Waals surface area contributed by atoms with Crippen LogP contribution in [0.15, 0.2) is 18.2 Å². The predicted octanol–water partition coefficient (Wildman–Crippen LogP) is 2.84. The molecule has 1 heterocycles. The molecule has 2 rings (SSSR count). The molecule has 0 spiro atoms. The van der Waals surface area contributed by atoms with Gasteiger partial charge in [0.1, 0.15) is 18.0 Å². The van der Waals surface area contributed by atoms with Gasteiger partial charge >= 0.3 is 0 Å². The second-order valence-corrected chi connectivity index (χ2v) is 6.56. The van der Waals surface area contributed by atoms with E-state index in [1.54, 1.807) is 21.3 Å². The minimum absolute atomic E-state index is 0.0440. The van der Waals surface area contributed by atoms with E-state index < -0.39 is 0 Å². The smallest absolute Gasteiger partial charge is 0.145 e. The highest BCUT2D eigenvalue weighted by Gasteiger charge is 2.35. The Labute approximate surface area is 128 Å². The van der Waals surface area contributed by atoms with Gasteiger partial charge in [-0.25, -0.2) is 0 Å². The summed E-state index contributed by atoms with van der Waals surface area (Å²) in [4.78, 5) is 2.29. The van der Waals surface area contributed by atoms with Crippen molar-refractivity contribution in [3.05, 3.63) is 23.8 Å². The third-order valence-electron chi connectivity index (χ3n) is 4.17. The Hall–Kier alpha value is -1.26. The van der Waals surface area contributed by atoms with E-state index in [4.69, 9.17) is 14.2 Å². The molecule has 1 aliphatic heterocycles. The van der Waals surface area contributed by atoms with Crippen molar-refractivity contribution >= 4 is 5.69 Å². The Bertz CT molecular complexity index is 469. The van der Waals surface area contributed by atoms with Gasteiger partial charge in [-0.3, -0.25) is 0 Å². The third kappa shape index (κ3) is 3.16. The maximum Gasteiger partial charge on any atom is 0.145 e. The van der Waals surface area contributed by atoms with E-state index in [0.717, 1.165) is 24.5 Å². The Morgan fingerprint density at radius 1 is 1.00 bits per heavy atom. The second-order valence-electron chi connectivity index (χ2n) is 6.56. The van der Waals surface area contributed by atoms with Gasteiger partial charge in [-0.2, -0.15) is 0 Å². The number of ether oxygens (including phenoxy) is 3. The van der Waals surface area contributed by atoms with Crippen LogP contribution in [0.4, 0.5) is 5.69 Å². The van der Waals surface area contributed by atoms with Gasteiger partial charge in [0.05, 0.1) is 12.8 Å². The van der Waals surface area contributed by atoms with Crippen LogP contribution in [0.1, 0.15) is 26.3 Å². The maximum atomic E-state index is 5.73. The average Bonchev–Trinajstić information content (AvgIpc) is 2.88. The molecule has 0 unspecified atom stereocenters. The summed E-state index contributed by atoms with van der Waals surface area (Å²) in [6.45, 7) is 8.25. The molecular formula is C17H27NO3. The number of rotatable bonds is 4. The number of benzene rings is 1. The topological polar surface area (TPSA) is 30.9 Å². The number of hydrogen-bond donors (Lipinski definition) is 0. The van der Waals surface area contributed by atoms with Gasteiger partial charge in [0.2, 0.25) is 0 Å². The van der Waals surface area contributed by atoms with Gasteiger partial charge in [0, 0.05) is 32.9 Å². The van der Waals surface area contributed by atoms with Crippen LogP contribution in [0.3, 0.4) is 0 Å². The van der Waals surface area contributed by atoms with Gasteiger partial charge < -0.3 is 19.1 Å². The lowest BCUT2D eigenvalue weighted by Crippen LogP contribution is -2.27. The maximum absolute atomic E-state index is 5.73. The molecule has 0 radical (unpaired) electrons. The SMILES string of the molecule is COc1c(N2C[C@H](OC)[C@@H](OC)C2)cccc1C(C)(C)C. The number of para-hydroxylation sites is 1. The van der Waals surface area contributed by atoms with Crippen molar-refractivity contribution in [3.63, 3.8) is 0 Å². The van der Waals surface area contributed by atoms with Gasteiger partial charge in [0.25, 0.3) is 0 Å². The van der Waals surface area contributed by atoms with Crippen LogP contribution in [0, 0.1) is 0 Å². The molecule has 1 saturated heterocycles. The fourth-order valence-electron chi connectivity index (χ4n) is 2.97. The zero-order chi connectivity index (χ0) is 15.6. The summed E-state index contributed by atoms with van der Waals surface area (Å²) in [5, 5.41) is 0. The standard InChI is InChI=1S/C17H27NO3/c1-17(2,3)12-8-7-9-13(16(12)21-6)18-10-14(19-4)15(11-18)20-5/h7-9,14-15H,10-11H2,1-6H3/t14-,15-/m0/s1. The zero-order valence-corrected chi connectivity index (χ0v) is 14.0. The van der Waals surface area contributed by atoms with E-state index in [2.05, 4.69) is 43.9 Å². The Kier molecular flexibility index (Phi) is 4.79. The summed E-state index contributed by atoms with van der Waals surface area (Å²) < 4.78 is 16.8. The highest BCUT2D eigenvalue weighted by atomic mass is 16.5. The molecule has 0 N–H and O–H groups in total. The van der Waals surface area contributed by atoms with E-state index in [0.29, 0.717) is 0 Å². The van der Waals surface area contributed by atoms with Gasteiger partial charge in [-0.15, -0.1) is 0 Å². The largest absolute Gasteiger partial charge is 0.494 e. The van der Waals surface area contributed by atoms with E-state index in [1.165, 1.54) is 5.56 Å². The summed E-state index contributed by atoms with van der Waals surface area (Å²) in [6, 6.07) is 6.35. The second kappa shape index (κ2) is 6.24. The number of hydrogen-bond acceptors (Lipinski definition) is 4. The van der Waals surface area contributed by atoms with Crippen molar-refractivity contribution in [3.8, 4) is 5.75 Å². The molecule has 0 bridgehead atoms. The van der Waals surface area contributed by atoms with Crippen molar-refractivity contribution in [2.24, 2.45) is 0 Å².